The van der Waals surface area contributed by atoms with Crippen molar-refractivity contribution in [2.75, 3.05) is 31.3 Å². The molecule has 3 N–H and O–H groups in total. The number of carbonyl (C=O) groups is 3. The number of aliphatic carboxylic acids is 3. The van der Waals surface area contributed by atoms with E-state index in [1.165, 1.54) is 185 Å². The van der Waals surface area contributed by atoms with Gasteiger partial charge < -0.3 is 48.0 Å². The fourth-order valence-corrected chi connectivity index (χ4v) is 22.1. The monoisotopic (exact) mass is 2050 g/mol. The Hall–Kier alpha value is -15.3. The van der Waals surface area contributed by atoms with Crippen molar-refractivity contribution in [1.82, 2.24) is 8.80 Å². The molecule has 0 aliphatic carbocycles. The molecule has 0 spiro atoms. The summed E-state index contributed by atoms with van der Waals surface area (Å²) in [4.78, 5) is 48.3. The van der Waals surface area contributed by atoms with Crippen LogP contribution in [0.2, 0.25) is 0 Å². The van der Waals surface area contributed by atoms with Crippen LogP contribution in [0.15, 0.2) is 296 Å². The number of aromatic nitrogens is 2. The molecule has 19 heteroatoms. The largest absolute Gasteiger partial charge is 0.493 e. The zero-order chi connectivity index (χ0) is 106. The summed E-state index contributed by atoms with van der Waals surface area (Å²) >= 11 is 4.45. The molecule has 7 aromatic heterocycles. The van der Waals surface area contributed by atoms with Crippen molar-refractivity contribution in [1.29, 1.82) is 5.26 Å². The van der Waals surface area contributed by atoms with Gasteiger partial charge >= 0.3 is 17.9 Å². The summed E-state index contributed by atoms with van der Waals surface area (Å²) in [5, 5.41) is 37.2. The molecule has 0 amide bonds. The van der Waals surface area contributed by atoms with Crippen LogP contribution in [-0.2, 0) is 20.8 Å². The fourth-order valence-electron chi connectivity index (χ4n) is 19.1. The number of fused-ring (bicyclic) bond motifs is 2. The van der Waals surface area contributed by atoms with Gasteiger partial charge in [0.05, 0.1) is 66.2 Å². The van der Waals surface area contributed by atoms with E-state index >= 15 is 0 Å². The standard InChI is InChI=1S/C56H66N2O4S.C52H54N2O4S.C23H16N2O2S/c1-8-12-15-17-32-61-45-25-28-48(52(37-45)62-33-18-16-13-9-2)42-21-23-43(24-22-42)54-49(35-41(11-4)19-14-10-3)51-36-44(47-27-20-39(5)34-40(47)6)30-31-58(51)55(54)53-29-26-46(63-53)38-50(57-7)56(59)60;1-6-8-10-12-32-57-49-34-37(3)14-29-46(49)39-16-22-42(23-17-39)54(44-26-20-41(21-27-44)51-31-28-45(59-51)36-48(53-5)52(55)56)43-24-18-40(19-25-43)47-30-15-38(4)35-50(47)58-33-13-11-9-7-2;1-15-19-9-5-6-12-25(19)22(21(15)16-7-3-2-4-8-16)20-11-10-18(28-20)13-17(14-24)23(26)27/h20-31,34,36-38,41H,8-19,32-33,35H2,1-6H3,(H,59,60);14-31,34-36H,6-13,32-33H2,1-4H3,(H,55,56);2-13H,1H3,(H,26,27)/b50-38-;48-36-;17-13+. The predicted octanol–water partition coefficient (Wildman–Crippen LogP) is 37.0. The van der Waals surface area contributed by atoms with Gasteiger partial charge in [0.15, 0.2) is 0 Å². The number of rotatable bonds is 48. The van der Waals surface area contributed by atoms with Crippen molar-refractivity contribution in [3.63, 3.8) is 0 Å². The summed E-state index contributed by atoms with van der Waals surface area (Å²) in [7, 11) is 0. The minimum Gasteiger partial charge on any atom is -0.493 e. The number of thiophene rings is 3. The number of aryl methyl sites for hydroxylation is 5. The molecule has 0 aliphatic rings. The molecular weight excluding hydrogens is 1910 g/mol. The zero-order valence-electron chi connectivity index (χ0n) is 88.2. The lowest BCUT2D eigenvalue weighted by Gasteiger charge is -2.26. The van der Waals surface area contributed by atoms with Gasteiger partial charge in [0.2, 0.25) is 0 Å². The molecule has 16 rings (SSSR count). The first-order valence-electron chi connectivity index (χ1n) is 52.9. The number of carboxylic acids is 3. The number of unbranched alkanes of at least 4 members (excludes halogenated alkanes) is 13. The molecule has 1 atom stereocenters. The Morgan fingerprint density at radius 1 is 0.387 bits per heavy atom. The first-order valence-corrected chi connectivity index (χ1v) is 55.3. The van der Waals surface area contributed by atoms with E-state index in [-0.39, 0.29) is 17.0 Å². The van der Waals surface area contributed by atoms with E-state index in [0.29, 0.717) is 32.3 Å². The predicted molar refractivity (Wildman–Crippen MR) is 623 cm³/mol. The molecule has 16 nitrogen and oxygen atoms in total. The van der Waals surface area contributed by atoms with E-state index in [0.717, 1.165) is 200 Å². The number of benzene rings is 9. The van der Waals surface area contributed by atoms with Crippen LogP contribution in [0, 0.1) is 65.0 Å². The first kappa shape index (κ1) is 110. The average Bonchev–Trinajstić information content (AvgIpc) is 1.57. The first-order chi connectivity index (χ1) is 73.1. The topological polar surface area (TPSA) is 193 Å². The van der Waals surface area contributed by atoms with Gasteiger partial charge in [-0.05, 0) is 285 Å². The Morgan fingerprint density at radius 3 is 1.28 bits per heavy atom. The molecule has 0 saturated heterocycles. The Morgan fingerprint density at radius 2 is 0.807 bits per heavy atom. The molecular formula is C131H136N6O10S3. The van der Waals surface area contributed by atoms with Gasteiger partial charge in [0.25, 0.3) is 11.4 Å². The van der Waals surface area contributed by atoms with E-state index in [1.807, 2.05) is 66.9 Å². The van der Waals surface area contributed by atoms with Gasteiger partial charge in [-0.1, -0.05) is 289 Å². The van der Waals surface area contributed by atoms with Gasteiger partial charge in [-0.2, -0.15) is 5.26 Å². The number of anilines is 3. The molecule has 0 radical (unpaired) electrons. The van der Waals surface area contributed by atoms with E-state index < -0.39 is 17.9 Å². The maximum absolute atomic E-state index is 11.9. The van der Waals surface area contributed by atoms with Crippen LogP contribution in [0.4, 0.5) is 17.1 Å². The van der Waals surface area contributed by atoms with Gasteiger partial charge in [0, 0.05) is 88.4 Å². The molecule has 1 unspecified atom stereocenters. The molecule has 16 aromatic rings. The molecule has 0 aliphatic heterocycles. The number of nitriles is 1. The minimum absolute atomic E-state index is 0.270. The van der Waals surface area contributed by atoms with E-state index in [4.69, 9.17) is 42.5 Å². The van der Waals surface area contributed by atoms with Gasteiger partial charge in [-0.3, -0.25) is 9.59 Å². The Bertz CT molecular complexity index is 7410. The van der Waals surface area contributed by atoms with Crippen molar-refractivity contribution in [3.8, 4) is 127 Å². The Labute approximate surface area is 897 Å². The van der Waals surface area contributed by atoms with Crippen LogP contribution >= 0.6 is 34.0 Å². The van der Waals surface area contributed by atoms with Crippen LogP contribution in [-0.4, -0.2) is 68.5 Å². The normalized spacial score (nSPS) is 11.7. The van der Waals surface area contributed by atoms with Crippen LogP contribution in [0.3, 0.4) is 0 Å². The fraction of sp³-hybridized carbons (Fsp3) is 0.282. The van der Waals surface area contributed by atoms with Crippen LogP contribution in [0.1, 0.15) is 218 Å². The van der Waals surface area contributed by atoms with Crippen molar-refractivity contribution < 1.29 is 48.7 Å². The maximum Gasteiger partial charge on any atom is 0.346 e. The van der Waals surface area contributed by atoms with E-state index in [2.05, 4.69) is 312 Å². The second-order valence-corrected chi connectivity index (χ2v) is 41.6. The van der Waals surface area contributed by atoms with Crippen molar-refractivity contribution >= 4 is 98.2 Å². The number of hydrogen-bond donors (Lipinski definition) is 3. The highest BCUT2D eigenvalue weighted by Gasteiger charge is 2.28. The average molecular weight is 2050 g/mol. The molecule has 768 valence electrons. The lowest BCUT2D eigenvalue weighted by Crippen LogP contribution is -2.10. The van der Waals surface area contributed by atoms with Crippen LogP contribution in [0.25, 0.3) is 137 Å². The van der Waals surface area contributed by atoms with E-state index in [9.17, 15) is 24.6 Å². The highest BCUT2D eigenvalue weighted by atomic mass is 32.1. The molecule has 0 fully saturated rings. The summed E-state index contributed by atoms with van der Waals surface area (Å²) in [6.07, 6.45) is 32.6. The number of hydrogen-bond acceptors (Lipinski definition) is 12. The molecule has 0 bridgehead atoms. The smallest absolute Gasteiger partial charge is 0.346 e. The number of pyridine rings is 2. The summed E-state index contributed by atoms with van der Waals surface area (Å²) < 4.78 is 30.0. The van der Waals surface area contributed by atoms with Crippen LogP contribution in [0.5, 0.6) is 23.0 Å². The van der Waals surface area contributed by atoms with Crippen LogP contribution < -0.4 is 23.8 Å². The van der Waals surface area contributed by atoms with Crippen molar-refractivity contribution in [3.05, 3.63) is 367 Å². The molecule has 150 heavy (non-hydrogen) atoms. The number of ether oxygens (including phenoxy) is 4. The second-order valence-electron chi connectivity index (χ2n) is 38.3. The third-order valence-corrected chi connectivity index (χ3v) is 30.3. The highest BCUT2D eigenvalue weighted by Crippen LogP contribution is 2.49. The molecule has 7 heterocycles. The van der Waals surface area contributed by atoms with Gasteiger partial charge in [0.1, 0.15) is 34.6 Å². The summed E-state index contributed by atoms with van der Waals surface area (Å²) in [6.45, 7) is 41.6. The number of nitrogens with zero attached hydrogens (tertiary/aromatic N) is 6. The third kappa shape index (κ3) is 28.6. The Balaban J connectivity index is 0.000000189. The van der Waals surface area contributed by atoms with E-state index in [1.54, 1.807) is 6.07 Å². The maximum atomic E-state index is 11.9. The molecule has 9 aromatic carbocycles. The van der Waals surface area contributed by atoms with Gasteiger partial charge in [-0.25, -0.2) is 14.5 Å². The third-order valence-electron chi connectivity index (χ3n) is 27.2. The highest BCUT2D eigenvalue weighted by molar-refractivity contribution is 7.17. The Kier molecular flexibility index (Phi) is 40.5. The number of carboxylic acid groups (broad SMARTS) is 3. The lowest BCUT2D eigenvalue weighted by atomic mass is 9.88. The second kappa shape index (κ2) is 55.1. The summed E-state index contributed by atoms with van der Waals surface area (Å²) in [6, 6.07) is 94.9. The summed E-state index contributed by atoms with van der Waals surface area (Å²) in [5.41, 5.74) is 28.4. The minimum atomic E-state index is -1.23. The van der Waals surface area contributed by atoms with Gasteiger partial charge in [-0.15, -0.1) is 34.0 Å². The SMILES string of the molecule is Cc1c(-c2ccccc2)c(-c2ccc(/C=C(\C#N)C(=O)O)s2)n2ccccc12.[C-]#[N+]/C(=C\c1ccc(-c2c(-c3ccc(-c4ccc(OCCCCCC)cc4OCCCCCC)cc3)c(CC(CC)CCCC)c3cc(-c4ccc(C)cc4C)ccn23)s1)C(=O)O.[C-]#[N+]/C(=C\c1ccc(-c2ccc(N(c3ccc(-c4ccc(C)cc4OCCCCCC)cc3)c3ccc(-c4ccc(C)cc4OCCCCCC)cc3)cc2)s1)C(=O)O. The quantitative estimate of drug-likeness (QED) is 0.0142. The van der Waals surface area contributed by atoms with Crippen molar-refractivity contribution in [2.45, 2.75) is 211 Å². The van der Waals surface area contributed by atoms with Crippen molar-refractivity contribution in [2.24, 2.45) is 5.92 Å². The summed E-state index contributed by atoms with van der Waals surface area (Å²) in [5.74, 6) is 0.369. The molecule has 0 saturated carbocycles. The zero-order valence-corrected chi connectivity index (χ0v) is 90.6. The lowest BCUT2D eigenvalue weighted by molar-refractivity contribution is -0.133.